The lowest BCUT2D eigenvalue weighted by Gasteiger charge is -2.36. The van der Waals surface area contributed by atoms with E-state index in [-0.39, 0.29) is 16.8 Å². The fraction of sp³-hybridized carbons (Fsp3) is 0.500. The average Bonchev–Trinajstić information content (AvgIpc) is 2.61. The summed E-state index contributed by atoms with van der Waals surface area (Å²) in [5.74, 6) is 0.650. The van der Waals surface area contributed by atoms with Gasteiger partial charge in [0.15, 0.2) is 0 Å². The van der Waals surface area contributed by atoms with Crippen molar-refractivity contribution >= 4 is 46.8 Å². The molecule has 1 fully saturated rings. The molecule has 5 nitrogen and oxygen atoms in total. The largest absolute Gasteiger partial charge is 0.338 e. The van der Waals surface area contributed by atoms with Crippen LogP contribution in [-0.4, -0.2) is 65.8 Å². The lowest BCUT2D eigenvalue weighted by molar-refractivity contribution is -0.134. The van der Waals surface area contributed by atoms with Crippen LogP contribution < -0.4 is 5.73 Å². The van der Waals surface area contributed by atoms with Crippen molar-refractivity contribution in [1.29, 1.82) is 0 Å². The molecule has 0 saturated carbocycles. The van der Waals surface area contributed by atoms with Gasteiger partial charge in [-0.15, -0.1) is 0 Å². The van der Waals surface area contributed by atoms with Crippen molar-refractivity contribution in [2.24, 2.45) is 5.73 Å². The summed E-state index contributed by atoms with van der Waals surface area (Å²) in [4.78, 5) is 28.3. The fourth-order valence-corrected chi connectivity index (χ4v) is 3.44. The van der Waals surface area contributed by atoms with E-state index in [4.69, 9.17) is 28.9 Å². The first-order valence-electron chi connectivity index (χ1n) is 7.72. The minimum absolute atomic E-state index is 0.0445. The molecule has 1 aromatic carbocycles. The summed E-state index contributed by atoms with van der Waals surface area (Å²) in [5.41, 5.74) is 6.33. The van der Waals surface area contributed by atoms with Gasteiger partial charge in [-0.1, -0.05) is 29.3 Å². The van der Waals surface area contributed by atoms with E-state index < -0.39 is 6.04 Å². The summed E-state index contributed by atoms with van der Waals surface area (Å²) in [5, 5.41) is 0.623. The molecule has 0 bridgehead atoms. The Balaban J connectivity index is 1.94. The molecule has 2 N–H and O–H groups in total. The summed E-state index contributed by atoms with van der Waals surface area (Å²) in [6.07, 6.45) is 2.65. The third kappa shape index (κ3) is 4.57. The first-order valence-corrected chi connectivity index (χ1v) is 9.87. The number of hydrogen-bond acceptors (Lipinski definition) is 4. The number of piperazine rings is 1. The second-order valence-electron chi connectivity index (χ2n) is 5.61. The molecule has 1 atom stereocenters. The van der Waals surface area contributed by atoms with Gasteiger partial charge < -0.3 is 15.5 Å². The Morgan fingerprint density at radius 2 is 1.83 bits per heavy atom. The number of carbonyl (C=O) groups is 2. The molecule has 8 heteroatoms. The third-order valence-corrected chi connectivity index (χ3v) is 5.47. The van der Waals surface area contributed by atoms with Crippen LogP contribution in [0.25, 0.3) is 0 Å². The summed E-state index contributed by atoms with van der Waals surface area (Å²) in [7, 11) is 0. The monoisotopic (exact) mass is 389 g/mol. The van der Waals surface area contributed by atoms with E-state index in [9.17, 15) is 9.59 Å². The first kappa shape index (κ1) is 19.4. The normalized spacial score (nSPS) is 16.2. The number of carbonyl (C=O) groups excluding carboxylic acids is 2. The van der Waals surface area contributed by atoms with Gasteiger partial charge >= 0.3 is 0 Å². The predicted octanol–water partition coefficient (Wildman–Crippen LogP) is 2.36. The molecule has 1 aromatic rings. The highest BCUT2D eigenvalue weighted by molar-refractivity contribution is 7.98. The van der Waals surface area contributed by atoms with E-state index in [1.54, 1.807) is 39.8 Å². The molecule has 0 spiro atoms. The van der Waals surface area contributed by atoms with Crippen molar-refractivity contribution in [3.63, 3.8) is 0 Å². The standard InChI is InChI=1S/C16H21Cl2N3O2S/c1-24-10-5-13(19)16(23)21-8-6-20(7-9-21)15(22)11-3-2-4-12(17)14(11)18/h2-4,13H,5-10,19H2,1H3/t13-/m0/s1. The van der Waals surface area contributed by atoms with E-state index >= 15 is 0 Å². The van der Waals surface area contributed by atoms with E-state index in [2.05, 4.69) is 0 Å². The van der Waals surface area contributed by atoms with Gasteiger partial charge in [-0.25, -0.2) is 0 Å². The van der Waals surface area contributed by atoms with E-state index in [1.165, 1.54) is 0 Å². The molecule has 1 saturated heterocycles. The zero-order chi connectivity index (χ0) is 17.7. The van der Waals surface area contributed by atoms with Crippen molar-refractivity contribution in [3.05, 3.63) is 33.8 Å². The number of halogens is 2. The van der Waals surface area contributed by atoms with E-state index in [1.807, 2.05) is 6.26 Å². The Kier molecular flexibility index (Phi) is 7.22. The molecular formula is C16H21Cl2N3O2S. The maximum absolute atomic E-state index is 12.6. The van der Waals surface area contributed by atoms with Crippen LogP contribution in [-0.2, 0) is 4.79 Å². The number of nitrogens with two attached hydrogens (primary N) is 1. The van der Waals surface area contributed by atoms with Crippen LogP contribution in [0.15, 0.2) is 18.2 Å². The quantitative estimate of drug-likeness (QED) is 0.838. The Hall–Kier alpha value is -0.950. The van der Waals surface area contributed by atoms with Gasteiger partial charge in [-0.3, -0.25) is 9.59 Å². The van der Waals surface area contributed by atoms with Crippen LogP contribution in [0.5, 0.6) is 0 Å². The summed E-state index contributed by atoms with van der Waals surface area (Å²) in [6, 6.07) is 4.54. The maximum atomic E-state index is 12.6. The van der Waals surface area contributed by atoms with Gasteiger partial charge in [-0.2, -0.15) is 11.8 Å². The summed E-state index contributed by atoms with van der Waals surface area (Å²) >= 11 is 13.8. The molecule has 1 heterocycles. The lowest BCUT2D eigenvalue weighted by Crippen LogP contribution is -2.54. The molecule has 132 valence electrons. The number of nitrogens with zero attached hydrogens (tertiary/aromatic N) is 2. The van der Waals surface area contributed by atoms with Gasteiger partial charge in [0.1, 0.15) is 0 Å². The van der Waals surface area contributed by atoms with Gasteiger partial charge in [0.2, 0.25) is 5.91 Å². The second-order valence-corrected chi connectivity index (χ2v) is 7.38. The van der Waals surface area contributed by atoms with Gasteiger partial charge in [0.05, 0.1) is 21.7 Å². The molecule has 0 radical (unpaired) electrons. The predicted molar refractivity (Wildman–Crippen MR) is 99.9 cm³/mol. The van der Waals surface area contributed by atoms with Crippen LogP contribution in [0.2, 0.25) is 10.0 Å². The molecular weight excluding hydrogens is 369 g/mol. The fourth-order valence-electron chi connectivity index (χ4n) is 2.57. The third-order valence-electron chi connectivity index (χ3n) is 4.01. The van der Waals surface area contributed by atoms with Crippen LogP contribution in [0.3, 0.4) is 0 Å². The number of thioether (sulfide) groups is 1. The van der Waals surface area contributed by atoms with Crippen LogP contribution in [0.1, 0.15) is 16.8 Å². The average molecular weight is 390 g/mol. The van der Waals surface area contributed by atoms with Crippen molar-refractivity contribution in [2.75, 3.05) is 38.2 Å². The van der Waals surface area contributed by atoms with Crippen molar-refractivity contribution in [1.82, 2.24) is 9.80 Å². The van der Waals surface area contributed by atoms with Crippen molar-refractivity contribution < 1.29 is 9.59 Å². The zero-order valence-electron chi connectivity index (χ0n) is 13.5. The first-order chi connectivity index (χ1) is 11.5. The molecule has 0 aliphatic carbocycles. The van der Waals surface area contributed by atoms with Crippen LogP contribution >= 0.6 is 35.0 Å². The Bertz CT molecular complexity index is 607. The molecule has 1 aliphatic heterocycles. The number of hydrogen-bond donors (Lipinski definition) is 1. The number of rotatable bonds is 5. The van der Waals surface area contributed by atoms with E-state index in [0.29, 0.717) is 43.2 Å². The van der Waals surface area contributed by atoms with Crippen molar-refractivity contribution in [3.8, 4) is 0 Å². The topological polar surface area (TPSA) is 66.6 Å². The van der Waals surface area contributed by atoms with Gasteiger partial charge in [0, 0.05) is 26.2 Å². The second kappa shape index (κ2) is 8.94. The SMILES string of the molecule is CSCC[C@H](N)C(=O)N1CCN(C(=O)c2cccc(Cl)c2Cl)CC1. The van der Waals surface area contributed by atoms with Gasteiger partial charge in [0.25, 0.3) is 5.91 Å². The minimum Gasteiger partial charge on any atom is -0.338 e. The Morgan fingerprint density at radius 3 is 2.46 bits per heavy atom. The Morgan fingerprint density at radius 1 is 1.21 bits per heavy atom. The molecule has 24 heavy (non-hydrogen) atoms. The minimum atomic E-state index is -0.470. The highest BCUT2D eigenvalue weighted by atomic mass is 35.5. The highest BCUT2D eigenvalue weighted by Gasteiger charge is 2.28. The van der Waals surface area contributed by atoms with Crippen molar-refractivity contribution in [2.45, 2.75) is 12.5 Å². The highest BCUT2D eigenvalue weighted by Crippen LogP contribution is 2.26. The molecule has 2 rings (SSSR count). The molecule has 0 unspecified atom stereocenters. The number of benzene rings is 1. The van der Waals surface area contributed by atoms with E-state index in [0.717, 1.165) is 5.75 Å². The van der Waals surface area contributed by atoms with Crippen LogP contribution in [0.4, 0.5) is 0 Å². The maximum Gasteiger partial charge on any atom is 0.255 e. The van der Waals surface area contributed by atoms with Crippen LogP contribution in [0, 0.1) is 0 Å². The Labute approximate surface area is 156 Å². The van der Waals surface area contributed by atoms with Gasteiger partial charge in [-0.05, 0) is 30.6 Å². The summed E-state index contributed by atoms with van der Waals surface area (Å²) < 4.78 is 0. The smallest absolute Gasteiger partial charge is 0.255 e. The number of amides is 2. The molecule has 0 aromatic heterocycles. The molecule has 1 aliphatic rings. The lowest BCUT2D eigenvalue weighted by atomic mass is 10.1. The zero-order valence-corrected chi connectivity index (χ0v) is 15.8. The molecule has 2 amide bonds. The summed E-state index contributed by atoms with van der Waals surface area (Å²) in [6.45, 7) is 1.89.